The zero-order chi connectivity index (χ0) is 29.0. The van der Waals surface area contributed by atoms with Crippen LogP contribution in [0, 0.1) is 19.3 Å². The number of aryl methyl sites for hydroxylation is 2. The van der Waals surface area contributed by atoms with E-state index in [0.29, 0.717) is 17.5 Å². The summed E-state index contributed by atoms with van der Waals surface area (Å²) in [7, 11) is 0. The molecule has 2 saturated heterocycles. The van der Waals surface area contributed by atoms with Gasteiger partial charge >= 0.3 is 5.97 Å². The van der Waals surface area contributed by atoms with Gasteiger partial charge in [-0.05, 0) is 82.2 Å². The lowest BCUT2D eigenvalue weighted by molar-refractivity contribution is -0.146. The summed E-state index contributed by atoms with van der Waals surface area (Å²) in [6.45, 7) is 12.3. The molecule has 1 spiro atoms. The molecule has 5 rings (SSSR count). The Bertz CT molecular complexity index is 1370. The molecule has 1 amide bonds. The van der Waals surface area contributed by atoms with Crippen molar-refractivity contribution in [2.24, 2.45) is 5.41 Å². The Balaban J connectivity index is 1.46. The van der Waals surface area contributed by atoms with Crippen molar-refractivity contribution in [3.05, 3.63) is 82.7 Å². The quantitative estimate of drug-likeness (QED) is 0.365. The summed E-state index contributed by atoms with van der Waals surface area (Å²) < 4.78 is 5.56. The summed E-state index contributed by atoms with van der Waals surface area (Å²) in [6.07, 6.45) is 3.48. The number of pyridine rings is 1. The molecular weight excluding hydrogens is 512 g/mol. The molecule has 0 atom stereocenters. The van der Waals surface area contributed by atoms with Gasteiger partial charge in [0, 0.05) is 54.3 Å². The van der Waals surface area contributed by atoms with Crippen molar-refractivity contribution >= 4 is 17.6 Å². The number of anilines is 1. The number of aromatic nitrogens is 1. The molecule has 2 aliphatic rings. The van der Waals surface area contributed by atoms with Crippen LogP contribution in [0.2, 0.25) is 0 Å². The second-order valence-corrected chi connectivity index (χ2v) is 11.9. The molecule has 1 aromatic heterocycles. The van der Waals surface area contributed by atoms with Gasteiger partial charge in [-0.25, -0.2) is 0 Å². The van der Waals surface area contributed by atoms with Crippen LogP contribution in [0.25, 0.3) is 11.1 Å². The predicted molar refractivity (Wildman–Crippen MR) is 163 cm³/mol. The Labute approximate surface area is 243 Å². The van der Waals surface area contributed by atoms with Gasteiger partial charge in [0.05, 0.1) is 18.2 Å². The number of hydrogen-bond acceptors (Lipinski definition) is 6. The molecule has 7 nitrogen and oxygen atoms in total. The molecule has 2 aromatic carbocycles. The highest BCUT2D eigenvalue weighted by Gasteiger charge is 2.38. The average Bonchev–Trinajstić information content (AvgIpc) is 3.41. The topological polar surface area (TPSA) is 83.6 Å². The summed E-state index contributed by atoms with van der Waals surface area (Å²) in [5.74, 6) is -0.345. The van der Waals surface area contributed by atoms with E-state index in [0.717, 1.165) is 78.3 Å². The molecule has 3 aromatic rings. The van der Waals surface area contributed by atoms with E-state index in [1.54, 1.807) is 0 Å². The smallest absolute Gasteiger partial charge is 0.310 e. The number of ether oxygens (including phenoxy) is 1. The van der Waals surface area contributed by atoms with Gasteiger partial charge in [-0.2, -0.15) is 0 Å². The van der Waals surface area contributed by atoms with Crippen molar-refractivity contribution in [2.45, 2.75) is 66.0 Å². The van der Waals surface area contributed by atoms with E-state index in [1.165, 1.54) is 6.42 Å². The highest BCUT2D eigenvalue weighted by Crippen LogP contribution is 2.43. The number of hydrogen-bond donors (Lipinski definition) is 2. The van der Waals surface area contributed by atoms with Crippen molar-refractivity contribution in [3.8, 4) is 11.1 Å². The molecule has 7 heteroatoms. The summed E-state index contributed by atoms with van der Waals surface area (Å²) in [5.41, 5.74) is 7.86. The largest absolute Gasteiger partial charge is 0.463 e. The zero-order valence-corrected chi connectivity index (χ0v) is 24.8. The number of benzene rings is 2. The number of carbonyl (C=O) groups is 2. The molecule has 0 unspecified atom stereocenters. The van der Waals surface area contributed by atoms with E-state index in [4.69, 9.17) is 9.72 Å². The first kappa shape index (κ1) is 28.8. The number of piperidine rings is 1. The average molecular weight is 555 g/mol. The number of nitrogens with one attached hydrogen (secondary N) is 2. The van der Waals surface area contributed by atoms with Crippen LogP contribution in [0.4, 0.5) is 5.69 Å². The minimum Gasteiger partial charge on any atom is -0.463 e. The molecule has 41 heavy (non-hydrogen) atoms. The van der Waals surface area contributed by atoms with E-state index in [9.17, 15) is 9.59 Å². The van der Waals surface area contributed by atoms with E-state index < -0.39 is 0 Å². The zero-order valence-electron chi connectivity index (χ0n) is 24.8. The van der Waals surface area contributed by atoms with Gasteiger partial charge in [-0.3, -0.25) is 14.6 Å². The molecule has 0 aliphatic carbocycles. The summed E-state index contributed by atoms with van der Waals surface area (Å²) in [4.78, 5) is 33.2. The van der Waals surface area contributed by atoms with E-state index in [-0.39, 0.29) is 24.4 Å². The maximum absolute atomic E-state index is 12.9. The van der Waals surface area contributed by atoms with Crippen LogP contribution in [-0.4, -0.2) is 49.1 Å². The van der Waals surface area contributed by atoms with Crippen LogP contribution in [0.5, 0.6) is 0 Å². The fourth-order valence-electron chi connectivity index (χ4n) is 6.32. The van der Waals surface area contributed by atoms with Gasteiger partial charge in [-0.15, -0.1) is 0 Å². The second-order valence-electron chi connectivity index (χ2n) is 11.9. The standard InChI is InChI=1S/C34H42N4O3/c1-23(2)41-30(39)20-29-24(3)37-25(4)31(32(29)38-18-15-34(16-19-38)14-17-35-22-34)27-10-12-28(13-11-27)33(40)36-21-26-8-6-5-7-9-26/h5-13,23,35H,14-22H2,1-4H3,(H,36,40). The van der Waals surface area contributed by atoms with Gasteiger partial charge in [0.2, 0.25) is 0 Å². The minimum atomic E-state index is -0.236. The van der Waals surface area contributed by atoms with Gasteiger partial charge < -0.3 is 20.3 Å². The van der Waals surface area contributed by atoms with Gasteiger partial charge in [0.25, 0.3) is 5.91 Å². The second kappa shape index (κ2) is 12.4. The van der Waals surface area contributed by atoms with Crippen molar-refractivity contribution in [2.75, 3.05) is 31.1 Å². The SMILES string of the molecule is Cc1nc(C)c(-c2ccc(C(=O)NCc3ccccc3)cc2)c(N2CCC3(CCNC3)CC2)c1CC(=O)OC(C)C. The predicted octanol–water partition coefficient (Wildman–Crippen LogP) is 5.37. The lowest BCUT2D eigenvalue weighted by atomic mass is 9.77. The first-order chi connectivity index (χ1) is 19.7. The van der Waals surface area contributed by atoms with Gasteiger partial charge in [-0.1, -0.05) is 42.5 Å². The molecule has 2 N–H and O–H groups in total. The Hall–Kier alpha value is -3.71. The third-order valence-corrected chi connectivity index (χ3v) is 8.55. The maximum atomic E-state index is 12.9. The Morgan fingerprint density at radius 3 is 2.34 bits per heavy atom. The van der Waals surface area contributed by atoms with E-state index >= 15 is 0 Å². The summed E-state index contributed by atoms with van der Waals surface area (Å²) in [5, 5.41) is 6.57. The molecule has 216 valence electrons. The summed E-state index contributed by atoms with van der Waals surface area (Å²) in [6, 6.07) is 17.7. The van der Waals surface area contributed by atoms with Crippen molar-refractivity contribution < 1.29 is 14.3 Å². The highest BCUT2D eigenvalue weighted by atomic mass is 16.5. The molecule has 0 bridgehead atoms. The maximum Gasteiger partial charge on any atom is 0.310 e. The van der Waals surface area contributed by atoms with Crippen LogP contribution in [-0.2, 0) is 22.5 Å². The Morgan fingerprint density at radius 2 is 1.71 bits per heavy atom. The van der Waals surface area contributed by atoms with Gasteiger partial charge in [0.15, 0.2) is 0 Å². The Morgan fingerprint density at radius 1 is 1.00 bits per heavy atom. The molecule has 2 aliphatic heterocycles. The van der Waals surface area contributed by atoms with Crippen molar-refractivity contribution in [1.82, 2.24) is 15.6 Å². The third kappa shape index (κ3) is 6.62. The van der Waals surface area contributed by atoms with Crippen molar-refractivity contribution in [1.29, 1.82) is 0 Å². The fraction of sp³-hybridized carbons (Fsp3) is 0.441. The fourth-order valence-corrected chi connectivity index (χ4v) is 6.32. The molecule has 3 heterocycles. The van der Waals surface area contributed by atoms with Crippen molar-refractivity contribution in [3.63, 3.8) is 0 Å². The van der Waals surface area contributed by atoms with Gasteiger partial charge in [0.1, 0.15) is 0 Å². The van der Waals surface area contributed by atoms with Crippen LogP contribution in [0.15, 0.2) is 54.6 Å². The van der Waals surface area contributed by atoms with E-state index in [2.05, 4.69) is 15.5 Å². The third-order valence-electron chi connectivity index (χ3n) is 8.55. The van der Waals surface area contributed by atoms with Crippen LogP contribution in [0.1, 0.15) is 66.0 Å². The number of nitrogens with zero attached hydrogens (tertiary/aromatic N) is 2. The first-order valence-corrected chi connectivity index (χ1v) is 14.8. The number of amides is 1. The summed E-state index contributed by atoms with van der Waals surface area (Å²) >= 11 is 0. The van der Waals surface area contributed by atoms with Crippen LogP contribution >= 0.6 is 0 Å². The lowest BCUT2D eigenvalue weighted by Gasteiger charge is -2.41. The number of carbonyl (C=O) groups excluding carboxylic acids is 2. The van der Waals surface area contributed by atoms with Crippen LogP contribution in [0.3, 0.4) is 0 Å². The number of rotatable bonds is 8. The number of esters is 1. The molecule has 0 radical (unpaired) electrons. The molecular formula is C34H42N4O3. The molecule has 2 fully saturated rings. The monoisotopic (exact) mass is 554 g/mol. The van der Waals surface area contributed by atoms with E-state index in [1.807, 2.05) is 82.3 Å². The lowest BCUT2D eigenvalue weighted by Crippen LogP contribution is -2.42. The minimum absolute atomic E-state index is 0.108. The molecule has 0 saturated carbocycles. The Kier molecular flexibility index (Phi) is 8.74. The first-order valence-electron chi connectivity index (χ1n) is 14.8. The normalized spacial score (nSPS) is 16.3. The highest BCUT2D eigenvalue weighted by molar-refractivity contribution is 5.95. The van der Waals surface area contributed by atoms with Crippen LogP contribution < -0.4 is 15.5 Å².